The lowest BCUT2D eigenvalue weighted by Gasteiger charge is -2.34. The van der Waals surface area contributed by atoms with Crippen LogP contribution in [-0.4, -0.2) is 43.8 Å². The minimum atomic E-state index is -4.16. The second kappa shape index (κ2) is 14.0. The molecule has 1 N–H and O–H groups in total. The van der Waals surface area contributed by atoms with Gasteiger partial charge in [-0.3, -0.25) is 13.9 Å². The molecular formula is C31H35ClFN3O4S. The van der Waals surface area contributed by atoms with Crippen molar-refractivity contribution in [1.82, 2.24) is 10.2 Å². The van der Waals surface area contributed by atoms with Gasteiger partial charge in [-0.1, -0.05) is 68.1 Å². The average Bonchev–Trinajstić information content (AvgIpc) is 2.98. The fourth-order valence-corrected chi connectivity index (χ4v) is 6.67. The van der Waals surface area contributed by atoms with Crippen LogP contribution in [0.15, 0.2) is 83.8 Å². The molecule has 3 aromatic rings. The number of carbonyl (C=O) groups excluding carboxylic acids is 2. The zero-order valence-electron chi connectivity index (χ0n) is 23.0. The van der Waals surface area contributed by atoms with E-state index in [1.54, 1.807) is 42.5 Å². The van der Waals surface area contributed by atoms with Gasteiger partial charge >= 0.3 is 0 Å². The number of nitrogens with one attached hydrogen (secondary N) is 1. The van der Waals surface area contributed by atoms with Gasteiger partial charge in [-0.15, -0.1) is 0 Å². The van der Waals surface area contributed by atoms with Gasteiger partial charge in [0.05, 0.1) is 10.6 Å². The third kappa shape index (κ3) is 7.86. The second-order valence-corrected chi connectivity index (χ2v) is 12.5. The van der Waals surface area contributed by atoms with Gasteiger partial charge in [0.25, 0.3) is 10.0 Å². The molecule has 2 amide bonds. The monoisotopic (exact) mass is 599 g/mol. The highest BCUT2D eigenvalue weighted by atomic mass is 35.5. The summed E-state index contributed by atoms with van der Waals surface area (Å²) in [7, 11) is -4.16. The molecule has 0 aromatic heterocycles. The van der Waals surface area contributed by atoms with Crippen molar-refractivity contribution >= 4 is 39.1 Å². The van der Waals surface area contributed by atoms with Crippen molar-refractivity contribution in [3.8, 4) is 0 Å². The van der Waals surface area contributed by atoms with Crippen LogP contribution in [0.4, 0.5) is 10.1 Å². The van der Waals surface area contributed by atoms with E-state index in [2.05, 4.69) is 5.32 Å². The molecule has 0 heterocycles. The Bertz CT molecular complexity index is 1410. The van der Waals surface area contributed by atoms with E-state index < -0.39 is 34.3 Å². The minimum Gasteiger partial charge on any atom is -0.352 e. The van der Waals surface area contributed by atoms with Crippen LogP contribution in [0.1, 0.15) is 51.0 Å². The van der Waals surface area contributed by atoms with Gasteiger partial charge in [0.1, 0.15) is 18.4 Å². The Kier molecular flexibility index (Phi) is 10.4. The Morgan fingerprint density at radius 1 is 0.951 bits per heavy atom. The van der Waals surface area contributed by atoms with Crippen molar-refractivity contribution in [2.45, 2.75) is 69.0 Å². The lowest BCUT2D eigenvalue weighted by molar-refractivity contribution is -0.140. The molecule has 0 radical (unpaired) electrons. The Morgan fingerprint density at radius 3 is 2.20 bits per heavy atom. The zero-order chi connectivity index (χ0) is 29.4. The van der Waals surface area contributed by atoms with Crippen molar-refractivity contribution in [3.05, 3.63) is 95.3 Å². The molecule has 4 rings (SSSR count). The van der Waals surface area contributed by atoms with Crippen LogP contribution in [0.3, 0.4) is 0 Å². The van der Waals surface area contributed by atoms with Crippen molar-refractivity contribution in [2.75, 3.05) is 10.8 Å². The zero-order valence-corrected chi connectivity index (χ0v) is 24.6. The molecule has 10 heteroatoms. The van der Waals surface area contributed by atoms with Crippen LogP contribution < -0.4 is 9.62 Å². The number of hydrogen-bond acceptors (Lipinski definition) is 4. The minimum absolute atomic E-state index is 0.00947. The molecule has 0 unspecified atom stereocenters. The Hall–Kier alpha value is -3.43. The molecule has 1 fully saturated rings. The van der Waals surface area contributed by atoms with E-state index in [0.717, 1.165) is 36.4 Å². The van der Waals surface area contributed by atoms with Crippen LogP contribution in [0, 0.1) is 5.82 Å². The standard InChI is InChI=1S/C31H35ClFN3O4S/c1-2-29(31(38)34-26-9-5-3-6-10-26)35(21-23-13-17-25(33)18-14-23)30(37)22-36(27-19-15-24(32)16-20-27)41(39,40)28-11-7-4-8-12-28/h4,7-8,11-20,26,29H,2-3,5-6,9-10,21-22H2,1H3,(H,34,38)/t29-/m0/s1. The summed E-state index contributed by atoms with van der Waals surface area (Å²) in [6.07, 6.45) is 5.29. The number of benzene rings is 3. The number of sulfonamides is 1. The largest absolute Gasteiger partial charge is 0.352 e. The number of hydrogen-bond donors (Lipinski definition) is 1. The predicted molar refractivity (Wildman–Crippen MR) is 158 cm³/mol. The van der Waals surface area contributed by atoms with Gasteiger partial charge in [-0.25, -0.2) is 12.8 Å². The highest BCUT2D eigenvalue weighted by Gasteiger charge is 2.34. The Balaban J connectivity index is 1.68. The molecule has 41 heavy (non-hydrogen) atoms. The summed E-state index contributed by atoms with van der Waals surface area (Å²) in [5.41, 5.74) is 0.876. The molecule has 7 nitrogen and oxygen atoms in total. The van der Waals surface area contributed by atoms with Crippen LogP contribution >= 0.6 is 11.6 Å². The smallest absolute Gasteiger partial charge is 0.264 e. The summed E-state index contributed by atoms with van der Waals surface area (Å²) in [4.78, 5) is 29.0. The van der Waals surface area contributed by atoms with E-state index in [1.165, 1.54) is 41.3 Å². The number of anilines is 1. The van der Waals surface area contributed by atoms with Crippen LogP contribution in [0.2, 0.25) is 5.02 Å². The Labute approximate surface area is 246 Å². The number of nitrogens with zero attached hydrogens (tertiary/aromatic N) is 2. The van der Waals surface area contributed by atoms with Gasteiger partial charge in [0.15, 0.2) is 0 Å². The average molecular weight is 600 g/mol. The lowest BCUT2D eigenvalue weighted by atomic mass is 9.95. The SMILES string of the molecule is CC[C@@H](C(=O)NC1CCCCC1)N(Cc1ccc(F)cc1)C(=O)CN(c1ccc(Cl)cc1)S(=O)(=O)c1ccccc1. The maximum atomic E-state index is 14.1. The van der Waals surface area contributed by atoms with E-state index in [4.69, 9.17) is 11.6 Å². The molecule has 1 aliphatic carbocycles. The van der Waals surface area contributed by atoms with E-state index in [0.29, 0.717) is 17.0 Å². The van der Waals surface area contributed by atoms with Gasteiger partial charge in [0, 0.05) is 17.6 Å². The van der Waals surface area contributed by atoms with Gasteiger partial charge in [0.2, 0.25) is 11.8 Å². The molecule has 1 saturated carbocycles. The van der Waals surface area contributed by atoms with Crippen molar-refractivity contribution < 1.29 is 22.4 Å². The molecule has 218 valence electrons. The maximum Gasteiger partial charge on any atom is 0.264 e. The van der Waals surface area contributed by atoms with Gasteiger partial charge < -0.3 is 10.2 Å². The summed E-state index contributed by atoms with van der Waals surface area (Å²) in [5.74, 6) is -1.26. The topological polar surface area (TPSA) is 86.8 Å². The van der Waals surface area contributed by atoms with Crippen LogP contribution in [0.25, 0.3) is 0 Å². The van der Waals surface area contributed by atoms with E-state index >= 15 is 0 Å². The van der Waals surface area contributed by atoms with E-state index in [1.807, 2.05) is 6.92 Å². The third-order valence-electron chi connectivity index (χ3n) is 7.33. The fourth-order valence-electron chi connectivity index (χ4n) is 5.11. The first kappa shape index (κ1) is 30.5. The highest BCUT2D eigenvalue weighted by molar-refractivity contribution is 7.92. The molecule has 0 bridgehead atoms. The summed E-state index contributed by atoms with van der Waals surface area (Å²) < 4.78 is 42.3. The van der Waals surface area contributed by atoms with Crippen molar-refractivity contribution in [2.24, 2.45) is 0 Å². The molecule has 0 aliphatic heterocycles. The molecule has 1 atom stereocenters. The number of amides is 2. The number of carbonyl (C=O) groups is 2. The maximum absolute atomic E-state index is 14.1. The van der Waals surface area contributed by atoms with Crippen LogP contribution in [-0.2, 0) is 26.2 Å². The first-order valence-corrected chi connectivity index (χ1v) is 15.7. The first-order valence-electron chi connectivity index (χ1n) is 13.9. The quantitative estimate of drug-likeness (QED) is 0.296. The summed E-state index contributed by atoms with van der Waals surface area (Å²) in [6.45, 7) is 1.27. The normalized spacial score (nSPS) is 14.7. The van der Waals surface area contributed by atoms with E-state index in [-0.39, 0.29) is 29.1 Å². The number of halogens is 2. The van der Waals surface area contributed by atoms with E-state index in [9.17, 15) is 22.4 Å². The predicted octanol–water partition coefficient (Wildman–Crippen LogP) is 5.93. The fraction of sp³-hybridized carbons (Fsp3) is 0.355. The lowest BCUT2D eigenvalue weighted by Crippen LogP contribution is -2.54. The summed E-state index contributed by atoms with van der Waals surface area (Å²) in [6, 6.07) is 18.9. The molecule has 0 saturated heterocycles. The van der Waals surface area contributed by atoms with Crippen molar-refractivity contribution in [1.29, 1.82) is 0 Å². The van der Waals surface area contributed by atoms with Gasteiger partial charge in [-0.05, 0) is 73.4 Å². The number of rotatable bonds is 11. The molecule has 1 aliphatic rings. The third-order valence-corrected chi connectivity index (χ3v) is 9.37. The Morgan fingerprint density at radius 2 is 1.59 bits per heavy atom. The molecule has 0 spiro atoms. The second-order valence-electron chi connectivity index (χ2n) is 10.2. The summed E-state index contributed by atoms with van der Waals surface area (Å²) in [5, 5.41) is 3.53. The van der Waals surface area contributed by atoms with Crippen LogP contribution in [0.5, 0.6) is 0 Å². The molecular weight excluding hydrogens is 565 g/mol. The van der Waals surface area contributed by atoms with Gasteiger partial charge in [-0.2, -0.15) is 0 Å². The molecule has 3 aromatic carbocycles. The highest BCUT2D eigenvalue weighted by Crippen LogP contribution is 2.26. The van der Waals surface area contributed by atoms with Crippen molar-refractivity contribution in [3.63, 3.8) is 0 Å². The summed E-state index contributed by atoms with van der Waals surface area (Å²) >= 11 is 6.07. The first-order chi connectivity index (χ1) is 19.7.